The Labute approximate surface area is 108 Å². The van der Waals surface area contributed by atoms with Crippen molar-refractivity contribution in [3.8, 4) is 0 Å². The van der Waals surface area contributed by atoms with Crippen LogP contribution in [0.1, 0.15) is 84.5 Å². The van der Waals surface area contributed by atoms with Crippen molar-refractivity contribution in [3.63, 3.8) is 0 Å². The third kappa shape index (κ3) is 25.9. The minimum Gasteiger partial charge on any atom is -0.396 e. The summed E-state index contributed by atoms with van der Waals surface area (Å²) in [6.07, 6.45) is 13.6. The van der Waals surface area contributed by atoms with E-state index in [1.807, 2.05) is 0 Å². The zero-order chi connectivity index (χ0) is 13.2. The molecule has 0 aliphatic carbocycles. The van der Waals surface area contributed by atoms with Gasteiger partial charge in [0.2, 0.25) is 0 Å². The average Bonchev–Trinajstić information content (AvgIpc) is 2.35. The summed E-state index contributed by atoms with van der Waals surface area (Å²) in [4.78, 5) is 0. The van der Waals surface area contributed by atoms with E-state index < -0.39 is 0 Å². The summed E-state index contributed by atoms with van der Waals surface area (Å²) >= 11 is 0. The van der Waals surface area contributed by atoms with Crippen LogP contribution < -0.4 is 0 Å². The van der Waals surface area contributed by atoms with Gasteiger partial charge in [0.05, 0.1) is 0 Å². The summed E-state index contributed by atoms with van der Waals surface area (Å²) in [6, 6.07) is 0. The molecule has 2 nitrogen and oxygen atoms in total. The quantitative estimate of drug-likeness (QED) is 0.534. The van der Waals surface area contributed by atoms with Crippen LogP contribution in [0.15, 0.2) is 0 Å². The molecule has 0 amide bonds. The van der Waals surface area contributed by atoms with Crippen molar-refractivity contribution in [2.75, 3.05) is 13.2 Å². The zero-order valence-corrected chi connectivity index (χ0v) is 12.1. The molecule has 2 heteroatoms. The Kier molecular flexibility index (Phi) is 24.1. The van der Waals surface area contributed by atoms with Crippen molar-refractivity contribution < 1.29 is 10.2 Å². The highest BCUT2D eigenvalue weighted by molar-refractivity contribution is 4.43. The molecule has 106 valence electrons. The summed E-state index contributed by atoms with van der Waals surface area (Å²) in [5.41, 5.74) is 0. The van der Waals surface area contributed by atoms with Gasteiger partial charge in [0.15, 0.2) is 0 Å². The molecule has 0 rings (SSSR count). The van der Waals surface area contributed by atoms with Crippen LogP contribution in [0, 0.1) is 0 Å². The van der Waals surface area contributed by atoms with Crippen LogP contribution in [-0.4, -0.2) is 23.4 Å². The normalized spacial score (nSPS) is 9.88. The van der Waals surface area contributed by atoms with E-state index in [-0.39, 0.29) is 0 Å². The van der Waals surface area contributed by atoms with Crippen molar-refractivity contribution >= 4 is 0 Å². The Balaban J connectivity index is 0. The van der Waals surface area contributed by atoms with Crippen LogP contribution in [0.3, 0.4) is 0 Å². The lowest BCUT2D eigenvalue weighted by Crippen LogP contribution is -1.83. The summed E-state index contributed by atoms with van der Waals surface area (Å²) in [5.74, 6) is 0. The number of rotatable bonds is 11. The fraction of sp³-hybridized carbons (Fsp3) is 1.00. The molecule has 0 unspecified atom stereocenters. The molecule has 17 heavy (non-hydrogen) atoms. The fourth-order valence-electron chi connectivity index (χ4n) is 1.61. The molecule has 0 spiro atoms. The standard InChI is InChI=1S/C9H20O.C6H14O/c1-2-3-4-5-6-7-8-9-10;1-2-3-4-5-6-7/h10H,2-9H2,1H3;7H,2-6H2,1H3. The van der Waals surface area contributed by atoms with Gasteiger partial charge in [-0.1, -0.05) is 71.6 Å². The minimum absolute atomic E-state index is 0.361. The highest BCUT2D eigenvalue weighted by atomic mass is 16.3. The van der Waals surface area contributed by atoms with Crippen molar-refractivity contribution in [2.24, 2.45) is 0 Å². The summed E-state index contributed by atoms with van der Waals surface area (Å²) in [6.45, 7) is 5.12. The molecule has 0 aromatic heterocycles. The molecule has 0 aliphatic rings. The van der Waals surface area contributed by atoms with Crippen molar-refractivity contribution in [3.05, 3.63) is 0 Å². The van der Waals surface area contributed by atoms with E-state index in [9.17, 15) is 0 Å². The molecule has 0 aliphatic heterocycles. The largest absolute Gasteiger partial charge is 0.396 e. The van der Waals surface area contributed by atoms with Crippen LogP contribution in [0.5, 0.6) is 0 Å². The first-order chi connectivity index (χ1) is 8.33. The first-order valence-electron chi connectivity index (χ1n) is 7.55. The van der Waals surface area contributed by atoms with E-state index in [2.05, 4.69) is 13.8 Å². The molecule has 0 saturated carbocycles. The predicted molar refractivity (Wildman–Crippen MR) is 76.3 cm³/mol. The maximum absolute atomic E-state index is 8.47. The Bertz CT molecular complexity index is 93.1. The smallest absolute Gasteiger partial charge is 0.0431 e. The van der Waals surface area contributed by atoms with E-state index in [0.29, 0.717) is 13.2 Å². The van der Waals surface area contributed by atoms with E-state index in [4.69, 9.17) is 10.2 Å². The molecule has 0 aromatic rings. The zero-order valence-electron chi connectivity index (χ0n) is 12.1. The van der Waals surface area contributed by atoms with Crippen molar-refractivity contribution in [1.29, 1.82) is 0 Å². The van der Waals surface area contributed by atoms with E-state index in [1.165, 1.54) is 57.8 Å². The van der Waals surface area contributed by atoms with Gasteiger partial charge in [-0.25, -0.2) is 0 Å². The lowest BCUT2D eigenvalue weighted by Gasteiger charge is -1.97. The van der Waals surface area contributed by atoms with Gasteiger partial charge in [0.25, 0.3) is 0 Å². The molecule has 0 aromatic carbocycles. The number of unbranched alkanes of at least 4 members (excludes halogenated alkanes) is 9. The topological polar surface area (TPSA) is 40.5 Å². The minimum atomic E-state index is 0.361. The van der Waals surface area contributed by atoms with Gasteiger partial charge in [-0.15, -0.1) is 0 Å². The maximum Gasteiger partial charge on any atom is 0.0431 e. The monoisotopic (exact) mass is 246 g/mol. The number of hydrogen-bond donors (Lipinski definition) is 2. The van der Waals surface area contributed by atoms with Gasteiger partial charge in [-0.05, 0) is 12.8 Å². The molecule has 2 N–H and O–H groups in total. The molecule has 0 bridgehead atoms. The second kappa shape index (κ2) is 21.2. The van der Waals surface area contributed by atoms with Crippen LogP contribution in [-0.2, 0) is 0 Å². The Hall–Kier alpha value is -0.0800. The van der Waals surface area contributed by atoms with Crippen molar-refractivity contribution in [2.45, 2.75) is 84.5 Å². The van der Waals surface area contributed by atoms with Crippen LogP contribution in [0.25, 0.3) is 0 Å². The third-order valence-electron chi connectivity index (χ3n) is 2.77. The Morgan fingerprint density at radius 1 is 0.471 bits per heavy atom. The van der Waals surface area contributed by atoms with Crippen LogP contribution in [0.4, 0.5) is 0 Å². The highest BCUT2D eigenvalue weighted by Crippen LogP contribution is 2.05. The second-order valence-electron chi connectivity index (χ2n) is 4.63. The first-order valence-corrected chi connectivity index (χ1v) is 7.55. The number of aliphatic hydroxyl groups excluding tert-OH is 2. The molecule has 0 heterocycles. The summed E-state index contributed by atoms with van der Waals surface area (Å²) in [5, 5.41) is 16.8. The van der Waals surface area contributed by atoms with E-state index in [0.717, 1.165) is 12.8 Å². The van der Waals surface area contributed by atoms with Gasteiger partial charge in [0, 0.05) is 13.2 Å². The first kappa shape index (κ1) is 19.3. The third-order valence-corrected chi connectivity index (χ3v) is 2.77. The molecule has 0 fully saturated rings. The number of aliphatic hydroxyl groups is 2. The molecule has 0 atom stereocenters. The van der Waals surface area contributed by atoms with Gasteiger partial charge >= 0.3 is 0 Å². The number of hydrogen-bond acceptors (Lipinski definition) is 2. The Morgan fingerprint density at radius 2 is 0.765 bits per heavy atom. The van der Waals surface area contributed by atoms with Gasteiger partial charge in [-0.3, -0.25) is 0 Å². The Morgan fingerprint density at radius 3 is 1.12 bits per heavy atom. The molecular weight excluding hydrogens is 212 g/mol. The molecular formula is C15H34O2. The lowest BCUT2D eigenvalue weighted by atomic mass is 10.1. The highest BCUT2D eigenvalue weighted by Gasteiger charge is 1.88. The summed E-state index contributed by atoms with van der Waals surface area (Å²) < 4.78 is 0. The van der Waals surface area contributed by atoms with Gasteiger partial charge < -0.3 is 10.2 Å². The SMILES string of the molecule is CCCCCCCCCO.CCCCCCO. The predicted octanol–water partition coefficient (Wildman–Crippen LogP) is 4.29. The average molecular weight is 246 g/mol. The van der Waals surface area contributed by atoms with Gasteiger partial charge in [-0.2, -0.15) is 0 Å². The van der Waals surface area contributed by atoms with Crippen LogP contribution >= 0.6 is 0 Å². The van der Waals surface area contributed by atoms with E-state index in [1.54, 1.807) is 0 Å². The lowest BCUT2D eigenvalue weighted by molar-refractivity contribution is 0.282. The molecule has 0 radical (unpaired) electrons. The fourth-order valence-corrected chi connectivity index (χ4v) is 1.61. The van der Waals surface area contributed by atoms with Crippen molar-refractivity contribution in [1.82, 2.24) is 0 Å². The second-order valence-corrected chi connectivity index (χ2v) is 4.63. The molecule has 0 saturated heterocycles. The summed E-state index contributed by atoms with van der Waals surface area (Å²) in [7, 11) is 0. The maximum atomic E-state index is 8.47. The van der Waals surface area contributed by atoms with Gasteiger partial charge in [0.1, 0.15) is 0 Å². The van der Waals surface area contributed by atoms with Crippen LogP contribution in [0.2, 0.25) is 0 Å². The van der Waals surface area contributed by atoms with E-state index >= 15 is 0 Å².